The molecule has 0 radical (unpaired) electrons. The molecular weight excluding hydrogens is 444 g/mol. The van der Waals surface area contributed by atoms with Gasteiger partial charge in [-0.15, -0.1) is 0 Å². The molecule has 2 heterocycles. The Morgan fingerprint density at radius 3 is 2.76 bits per heavy atom. The summed E-state index contributed by atoms with van der Waals surface area (Å²) < 4.78 is 0. The molecule has 2 aliphatic heterocycles. The zero-order valence-corrected chi connectivity index (χ0v) is 19.4. The normalized spacial score (nSPS) is 26.9. The van der Waals surface area contributed by atoms with Crippen molar-refractivity contribution < 1.29 is 19.2 Å². The second-order valence-electron chi connectivity index (χ2n) is 8.76. The van der Waals surface area contributed by atoms with Crippen molar-refractivity contribution >= 4 is 41.1 Å². The van der Waals surface area contributed by atoms with Crippen molar-refractivity contribution in [1.29, 1.82) is 0 Å². The Kier molecular flexibility index (Phi) is 5.97. The molecule has 0 spiro atoms. The summed E-state index contributed by atoms with van der Waals surface area (Å²) in [5.41, 5.74) is 1.32. The maximum absolute atomic E-state index is 13.5. The van der Waals surface area contributed by atoms with Crippen LogP contribution in [0.25, 0.3) is 0 Å². The third kappa shape index (κ3) is 4.35. The zero-order chi connectivity index (χ0) is 23.9. The average molecular weight is 469 g/mol. The number of aryl methyl sites for hydroxylation is 1. The highest BCUT2D eigenvalue weighted by atomic mass is 35.5. The molecule has 4 amide bonds. The van der Waals surface area contributed by atoms with E-state index in [-0.39, 0.29) is 37.1 Å². The molecule has 3 atom stereocenters. The predicted molar refractivity (Wildman–Crippen MR) is 124 cm³/mol. The number of benzene rings is 1. The number of rotatable bonds is 4. The van der Waals surface area contributed by atoms with E-state index in [0.717, 1.165) is 11.1 Å². The van der Waals surface area contributed by atoms with Gasteiger partial charge in [-0.25, -0.2) is 0 Å². The number of carbonyl (C=O) groups excluding carboxylic acids is 4. The number of amidine groups is 1. The SMILES string of the molecule is CC1=NC2(C)C=CC(CNC(=O)c3ccc(C)c(Cl)c3)=CC2C(=O)N1C1CCC(=O)NC1=O. The van der Waals surface area contributed by atoms with E-state index in [4.69, 9.17) is 16.6 Å². The predicted octanol–water partition coefficient (Wildman–Crippen LogP) is 2.32. The zero-order valence-electron chi connectivity index (χ0n) is 18.6. The molecule has 1 aromatic rings. The summed E-state index contributed by atoms with van der Waals surface area (Å²) in [4.78, 5) is 56.0. The summed E-state index contributed by atoms with van der Waals surface area (Å²) in [5.74, 6) is -1.53. The second-order valence-corrected chi connectivity index (χ2v) is 9.17. The van der Waals surface area contributed by atoms with Gasteiger partial charge in [-0.1, -0.05) is 35.9 Å². The van der Waals surface area contributed by atoms with Gasteiger partial charge in [-0.3, -0.25) is 34.4 Å². The first-order valence-corrected chi connectivity index (χ1v) is 11.1. The number of fused-ring (bicyclic) bond motifs is 1. The average Bonchev–Trinajstić information content (AvgIpc) is 2.75. The van der Waals surface area contributed by atoms with E-state index in [0.29, 0.717) is 16.4 Å². The van der Waals surface area contributed by atoms with E-state index in [1.54, 1.807) is 31.2 Å². The smallest absolute Gasteiger partial charge is 0.251 e. The third-order valence-corrected chi connectivity index (χ3v) is 6.72. The Balaban J connectivity index is 1.52. The Morgan fingerprint density at radius 1 is 1.30 bits per heavy atom. The van der Waals surface area contributed by atoms with Crippen LogP contribution in [0.5, 0.6) is 0 Å². The molecule has 1 saturated heterocycles. The van der Waals surface area contributed by atoms with Crippen LogP contribution in [0, 0.1) is 12.8 Å². The lowest BCUT2D eigenvalue weighted by Gasteiger charge is -2.44. The van der Waals surface area contributed by atoms with Gasteiger partial charge in [0.25, 0.3) is 5.91 Å². The summed E-state index contributed by atoms with van der Waals surface area (Å²) in [5, 5.41) is 5.67. The van der Waals surface area contributed by atoms with Crippen molar-refractivity contribution in [2.45, 2.75) is 45.2 Å². The van der Waals surface area contributed by atoms with Crippen molar-refractivity contribution in [2.75, 3.05) is 6.54 Å². The number of nitrogens with one attached hydrogen (secondary N) is 2. The number of imide groups is 1. The lowest BCUT2D eigenvalue weighted by Crippen LogP contribution is -2.61. The van der Waals surface area contributed by atoms with Crippen LogP contribution in [0.4, 0.5) is 0 Å². The van der Waals surface area contributed by atoms with Gasteiger partial charge in [-0.2, -0.15) is 0 Å². The number of hydrogen-bond acceptors (Lipinski definition) is 5. The van der Waals surface area contributed by atoms with Crippen molar-refractivity contribution in [3.05, 3.63) is 58.1 Å². The van der Waals surface area contributed by atoms with E-state index in [1.807, 2.05) is 26.0 Å². The molecule has 172 valence electrons. The summed E-state index contributed by atoms with van der Waals surface area (Å²) in [7, 11) is 0. The molecule has 1 aromatic carbocycles. The minimum absolute atomic E-state index is 0.172. The lowest BCUT2D eigenvalue weighted by atomic mass is 9.77. The second kappa shape index (κ2) is 8.59. The van der Waals surface area contributed by atoms with Gasteiger partial charge in [0.15, 0.2) is 0 Å². The molecule has 9 heteroatoms. The van der Waals surface area contributed by atoms with Gasteiger partial charge in [-0.05, 0) is 50.5 Å². The molecule has 33 heavy (non-hydrogen) atoms. The van der Waals surface area contributed by atoms with Crippen molar-refractivity contribution in [2.24, 2.45) is 10.9 Å². The van der Waals surface area contributed by atoms with Crippen molar-refractivity contribution in [3.63, 3.8) is 0 Å². The Labute approximate surface area is 196 Å². The highest BCUT2D eigenvalue weighted by Gasteiger charge is 2.48. The molecule has 3 aliphatic rings. The maximum atomic E-state index is 13.5. The Hall–Kier alpha value is -3.26. The van der Waals surface area contributed by atoms with Gasteiger partial charge >= 0.3 is 0 Å². The number of aliphatic imine (C=N–C) groups is 1. The quantitative estimate of drug-likeness (QED) is 0.661. The van der Waals surface area contributed by atoms with E-state index >= 15 is 0 Å². The highest BCUT2D eigenvalue weighted by molar-refractivity contribution is 6.31. The van der Waals surface area contributed by atoms with Crippen LogP contribution in [-0.4, -0.2) is 52.5 Å². The number of hydrogen-bond donors (Lipinski definition) is 2. The van der Waals surface area contributed by atoms with Crippen molar-refractivity contribution in [1.82, 2.24) is 15.5 Å². The van der Waals surface area contributed by atoms with Crippen LogP contribution in [-0.2, 0) is 14.4 Å². The van der Waals surface area contributed by atoms with Gasteiger partial charge in [0.2, 0.25) is 17.7 Å². The molecule has 3 unspecified atom stereocenters. The van der Waals surface area contributed by atoms with E-state index in [2.05, 4.69) is 10.6 Å². The number of amides is 4. The molecule has 1 aliphatic carbocycles. The first kappa shape index (κ1) is 22.9. The topological polar surface area (TPSA) is 108 Å². The number of nitrogens with zero attached hydrogens (tertiary/aromatic N) is 2. The molecule has 2 N–H and O–H groups in total. The highest BCUT2D eigenvalue weighted by Crippen LogP contribution is 2.37. The van der Waals surface area contributed by atoms with Crippen LogP contribution in [0.1, 0.15) is 42.6 Å². The number of piperidine rings is 1. The van der Waals surface area contributed by atoms with Gasteiger partial charge < -0.3 is 5.32 Å². The molecule has 0 bridgehead atoms. The summed E-state index contributed by atoms with van der Waals surface area (Å²) in [6.45, 7) is 5.64. The van der Waals surface area contributed by atoms with E-state index < -0.39 is 23.4 Å². The molecule has 1 fully saturated rings. The molecule has 4 rings (SSSR count). The standard InChI is InChI=1S/C24H25ClN4O4/c1-13-4-5-16(11-18(13)25)21(31)26-12-15-8-9-24(3)17(10-15)23(33)29(14(2)28-24)19-6-7-20(30)27-22(19)32/h4-5,8-11,17,19H,6-7,12H2,1-3H3,(H,26,31)(H,27,30,32). The Bertz CT molecular complexity index is 1160. The van der Waals surface area contributed by atoms with Crippen LogP contribution < -0.4 is 10.6 Å². The Morgan fingerprint density at radius 2 is 2.06 bits per heavy atom. The monoisotopic (exact) mass is 468 g/mol. The summed E-state index contributed by atoms with van der Waals surface area (Å²) >= 11 is 6.12. The van der Waals surface area contributed by atoms with Crippen LogP contribution in [0.15, 0.2) is 47.0 Å². The molecule has 0 saturated carbocycles. The first-order valence-electron chi connectivity index (χ1n) is 10.8. The lowest BCUT2D eigenvalue weighted by molar-refractivity contribution is -0.144. The fraction of sp³-hybridized carbons (Fsp3) is 0.375. The first-order chi connectivity index (χ1) is 15.6. The van der Waals surface area contributed by atoms with Crippen LogP contribution in [0.3, 0.4) is 0 Å². The largest absolute Gasteiger partial charge is 0.348 e. The van der Waals surface area contributed by atoms with E-state index in [9.17, 15) is 19.2 Å². The van der Waals surface area contributed by atoms with Gasteiger partial charge in [0.1, 0.15) is 11.9 Å². The number of halogens is 1. The molecule has 8 nitrogen and oxygen atoms in total. The van der Waals surface area contributed by atoms with Crippen LogP contribution in [0.2, 0.25) is 5.02 Å². The molecular formula is C24H25ClN4O4. The third-order valence-electron chi connectivity index (χ3n) is 6.31. The van der Waals surface area contributed by atoms with E-state index in [1.165, 1.54) is 4.90 Å². The van der Waals surface area contributed by atoms with Gasteiger partial charge in [0, 0.05) is 23.6 Å². The fourth-order valence-electron chi connectivity index (χ4n) is 4.40. The van der Waals surface area contributed by atoms with Crippen LogP contribution >= 0.6 is 11.6 Å². The minimum atomic E-state index is -0.781. The summed E-state index contributed by atoms with van der Waals surface area (Å²) in [6, 6.07) is 4.34. The number of carbonyl (C=O) groups is 4. The maximum Gasteiger partial charge on any atom is 0.251 e. The summed E-state index contributed by atoms with van der Waals surface area (Å²) in [6.07, 6.45) is 5.93. The fourth-order valence-corrected chi connectivity index (χ4v) is 4.58. The van der Waals surface area contributed by atoms with Crippen molar-refractivity contribution in [3.8, 4) is 0 Å². The van der Waals surface area contributed by atoms with Gasteiger partial charge in [0.05, 0.1) is 11.5 Å². The minimum Gasteiger partial charge on any atom is -0.348 e. The molecule has 0 aromatic heterocycles.